The minimum atomic E-state index is -0.739. The Morgan fingerprint density at radius 3 is 2.73 bits per heavy atom. The van der Waals surface area contributed by atoms with E-state index in [1.165, 1.54) is 0 Å². The molecule has 116 valence electrons. The Balaban J connectivity index is 2.50. The topological polar surface area (TPSA) is 102 Å². The van der Waals surface area contributed by atoms with Gasteiger partial charge in [-0.05, 0) is 27.7 Å². The Morgan fingerprint density at radius 2 is 2.18 bits per heavy atom. The van der Waals surface area contributed by atoms with E-state index in [2.05, 4.69) is 10.5 Å². The highest BCUT2D eigenvalue weighted by atomic mass is 16.7. The summed E-state index contributed by atoms with van der Waals surface area (Å²) in [5.41, 5.74) is 1.87. The van der Waals surface area contributed by atoms with Crippen LogP contribution in [0, 0.1) is 11.3 Å². The summed E-state index contributed by atoms with van der Waals surface area (Å²) < 4.78 is 2.42. The zero-order chi connectivity index (χ0) is 16.5. The number of aromatic nitrogens is 3. The molecule has 0 unspecified atom stereocenters. The van der Waals surface area contributed by atoms with Crippen molar-refractivity contribution in [1.82, 2.24) is 19.6 Å². The number of nitrogens with zero attached hydrogens (tertiary/aromatic N) is 4. The second kappa shape index (κ2) is 5.61. The molecule has 0 atom stereocenters. The first-order valence-electron chi connectivity index (χ1n) is 6.77. The van der Waals surface area contributed by atoms with E-state index in [-0.39, 0.29) is 11.0 Å². The molecule has 2 rings (SSSR count). The summed E-state index contributed by atoms with van der Waals surface area (Å²) in [4.78, 5) is 33.7. The van der Waals surface area contributed by atoms with Crippen molar-refractivity contribution >= 4 is 17.1 Å². The molecular formula is C14H17N5O3. The minimum absolute atomic E-state index is 0.215. The van der Waals surface area contributed by atoms with Crippen LogP contribution >= 0.6 is 0 Å². The van der Waals surface area contributed by atoms with Gasteiger partial charge in [0, 0.05) is 12.7 Å². The highest BCUT2D eigenvalue weighted by Crippen LogP contribution is 2.14. The molecular weight excluding hydrogens is 286 g/mol. The van der Waals surface area contributed by atoms with E-state index in [9.17, 15) is 9.59 Å². The number of carbonyl (C=O) groups excluding carboxylic acids is 1. The fraction of sp³-hybridized carbons (Fsp3) is 0.429. The smallest absolute Gasteiger partial charge is 0.341 e. The molecule has 0 fully saturated rings. The van der Waals surface area contributed by atoms with Crippen molar-refractivity contribution in [1.29, 1.82) is 5.26 Å². The van der Waals surface area contributed by atoms with Crippen molar-refractivity contribution in [2.24, 2.45) is 0 Å². The van der Waals surface area contributed by atoms with Crippen LogP contribution in [-0.2, 0) is 11.4 Å². The number of fused-ring (bicyclic) bond motifs is 1. The van der Waals surface area contributed by atoms with Crippen molar-refractivity contribution in [2.75, 3.05) is 0 Å². The Bertz CT molecular complexity index is 820. The highest BCUT2D eigenvalue weighted by molar-refractivity contribution is 5.84. The molecule has 22 heavy (non-hydrogen) atoms. The van der Waals surface area contributed by atoms with Gasteiger partial charge in [0.1, 0.15) is 23.4 Å². The molecule has 0 aliphatic heterocycles. The summed E-state index contributed by atoms with van der Waals surface area (Å²) in [5.74, 6) is 0. The molecule has 1 amide bonds. The predicted octanol–water partition coefficient (Wildman–Crippen LogP) is 1.38. The lowest BCUT2D eigenvalue weighted by Crippen LogP contribution is -2.40. The number of amides is 1. The molecule has 8 nitrogen and oxygen atoms in total. The molecule has 2 heterocycles. The van der Waals surface area contributed by atoms with Crippen LogP contribution < -0.4 is 11.0 Å². The molecule has 0 aliphatic carbocycles. The van der Waals surface area contributed by atoms with Gasteiger partial charge in [0.2, 0.25) is 0 Å². The van der Waals surface area contributed by atoms with Gasteiger partial charge < -0.3 is 4.57 Å². The van der Waals surface area contributed by atoms with Crippen LogP contribution in [-0.4, -0.2) is 25.8 Å². The molecule has 8 heteroatoms. The molecule has 0 spiro atoms. The highest BCUT2D eigenvalue weighted by Gasteiger charge is 2.19. The van der Waals surface area contributed by atoms with Crippen molar-refractivity contribution in [3.63, 3.8) is 0 Å². The Labute approximate surface area is 126 Å². The van der Waals surface area contributed by atoms with Gasteiger partial charge in [-0.1, -0.05) is 0 Å². The largest absolute Gasteiger partial charge is 0.353 e. The van der Waals surface area contributed by atoms with E-state index in [4.69, 9.17) is 10.1 Å². The fourth-order valence-electron chi connectivity index (χ4n) is 1.90. The van der Waals surface area contributed by atoms with Crippen molar-refractivity contribution in [3.8, 4) is 6.07 Å². The lowest BCUT2D eigenvalue weighted by molar-refractivity contribution is -0.0527. The van der Waals surface area contributed by atoms with Crippen LogP contribution in [0.25, 0.3) is 11.0 Å². The molecule has 0 radical (unpaired) electrons. The lowest BCUT2D eigenvalue weighted by atomic mass is 10.2. The van der Waals surface area contributed by atoms with E-state index in [0.29, 0.717) is 12.1 Å². The van der Waals surface area contributed by atoms with Crippen LogP contribution in [0.2, 0.25) is 0 Å². The summed E-state index contributed by atoms with van der Waals surface area (Å²) in [6, 6.07) is 1.25. The Morgan fingerprint density at radius 1 is 1.50 bits per heavy atom. The van der Waals surface area contributed by atoms with Crippen molar-refractivity contribution < 1.29 is 9.63 Å². The first kappa shape index (κ1) is 15.7. The normalized spacial score (nSPS) is 11.4. The summed E-state index contributed by atoms with van der Waals surface area (Å²) in [7, 11) is 0. The molecule has 1 N–H and O–H groups in total. The third kappa shape index (κ3) is 2.84. The number of carbonyl (C=O) groups is 1. The van der Waals surface area contributed by atoms with Crippen LogP contribution in [0.4, 0.5) is 4.79 Å². The summed E-state index contributed by atoms with van der Waals surface area (Å²) in [6.07, 6.45) is 2.64. The second-order valence-electron chi connectivity index (χ2n) is 5.68. The monoisotopic (exact) mass is 303 g/mol. The van der Waals surface area contributed by atoms with E-state index >= 15 is 0 Å². The molecule has 0 saturated carbocycles. The number of nitriles is 1. The average molecular weight is 303 g/mol. The maximum absolute atomic E-state index is 12.5. The van der Waals surface area contributed by atoms with Crippen LogP contribution in [0.5, 0.6) is 0 Å². The van der Waals surface area contributed by atoms with Crippen LogP contribution in [0.15, 0.2) is 17.3 Å². The molecule has 2 aromatic heterocycles. The van der Waals surface area contributed by atoms with Gasteiger partial charge in [-0.15, -0.1) is 0 Å². The Kier molecular flexibility index (Phi) is 4.01. The van der Waals surface area contributed by atoms with Crippen LogP contribution in [0.1, 0.15) is 33.3 Å². The molecule has 0 saturated heterocycles. The SMILES string of the molecule is CCn1cc(C#N)c2ncn(C(=O)NOC(C)(C)C)c(=O)c21. The van der Waals surface area contributed by atoms with Crippen molar-refractivity contribution in [2.45, 2.75) is 39.8 Å². The van der Waals surface area contributed by atoms with Gasteiger partial charge in [-0.25, -0.2) is 19.8 Å². The molecule has 0 aliphatic rings. The standard InChI is InChI=1S/C14H17N5O3/c1-5-18-7-9(6-15)10-11(18)12(20)19(8-16-10)13(21)17-22-14(2,3)4/h7-8H,5H2,1-4H3,(H,17,21). The minimum Gasteiger partial charge on any atom is -0.341 e. The average Bonchev–Trinajstić information content (AvgIpc) is 2.83. The van der Waals surface area contributed by atoms with Gasteiger partial charge in [-0.3, -0.25) is 9.63 Å². The predicted molar refractivity (Wildman–Crippen MR) is 79.1 cm³/mol. The maximum Gasteiger partial charge on any atom is 0.353 e. The van der Waals surface area contributed by atoms with E-state index in [1.54, 1.807) is 31.5 Å². The van der Waals surface area contributed by atoms with Gasteiger partial charge >= 0.3 is 6.03 Å². The number of hydrogen-bond acceptors (Lipinski definition) is 5. The zero-order valence-electron chi connectivity index (χ0n) is 12.9. The maximum atomic E-state index is 12.5. The lowest BCUT2D eigenvalue weighted by Gasteiger charge is -2.19. The molecule has 0 bridgehead atoms. The van der Waals surface area contributed by atoms with Gasteiger partial charge in [0.05, 0.1) is 11.2 Å². The number of rotatable bonds is 2. The van der Waals surface area contributed by atoms with E-state index in [1.807, 2.05) is 13.0 Å². The zero-order valence-corrected chi connectivity index (χ0v) is 12.9. The summed E-state index contributed by atoms with van der Waals surface area (Å²) >= 11 is 0. The van der Waals surface area contributed by atoms with Crippen molar-refractivity contribution in [3.05, 3.63) is 28.4 Å². The second-order valence-corrected chi connectivity index (χ2v) is 5.68. The Hall–Kier alpha value is -2.66. The number of nitrogens with one attached hydrogen (secondary N) is 1. The number of hydrogen-bond donors (Lipinski definition) is 1. The van der Waals surface area contributed by atoms with Gasteiger partial charge in [0.15, 0.2) is 0 Å². The third-order valence-corrected chi connectivity index (χ3v) is 2.90. The number of hydroxylamine groups is 1. The van der Waals surface area contributed by atoms with Crippen LogP contribution in [0.3, 0.4) is 0 Å². The summed E-state index contributed by atoms with van der Waals surface area (Å²) in [6.45, 7) is 7.61. The van der Waals surface area contributed by atoms with Gasteiger partial charge in [0.25, 0.3) is 5.56 Å². The molecule has 0 aromatic carbocycles. The number of aryl methyl sites for hydroxylation is 1. The van der Waals surface area contributed by atoms with Gasteiger partial charge in [-0.2, -0.15) is 5.26 Å². The van der Waals surface area contributed by atoms with E-state index < -0.39 is 17.2 Å². The molecule has 2 aromatic rings. The first-order chi connectivity index (χ1) is 10.3. The van der Waals surface area contributed by atoms with E-state index in [0.717, 1.165) is 10.9 Å². The third-order valence-electron chi connectivity index (χ3n) is 2.90. The fourth-order valence-corrected chi connectivity index (χ4v) is 1.90. The summed E-state index contributed by atoms with van der Waals surface area (Å²) in [5, 5.41) is 9.08. The first-order valence-corrected chi connectivity index (χ1v) is 6.77. The quantitative estimate of drug-likeness (QED) is 0.844.